The standard InChI is InChI=1S/C26H22N2O7S2/c1-32-14-7-8-15-19(12-14)37-26(27-15)28-21(13-10-16(33-2)24(35-4)17(11-13)34-3)20(23(30)25(28)31)22(29)18-6-5-9-36-18/h5-12,21,30H,1-4H3. The fourth-order valence-corrected chi connectivity index (χ4v) is 5.97. The van der Waals surface area contributed by atoms with Gasteiger partial charge in [-0.05, 0) is 47.3 Å². The first kappa shape index (κ1) is 24.6. The number of thiophene rings is 1. The van der Waals surface area contributed by atoms with E-state index in [1.165, 1.54) is 48.9 Å². The minimum Gasteiger partial charge on any atom is -0.503 e. The number of ketones is 1. The van der Waals surface area contributed by atoms with Gasteiger partial charge >= 0.3 is 0 Å². The highest BCUT2D eigenvalue weighted by Gasteiger charge is 2.46. The summed E-state index contributed by atoms with van der Waals surface area (Å²) in [7, 11) is 6.01. The van der Waals surface area contributed by atoms with E-state index < -0.39 is 23.5 Å². The molecule has 0 bridgehead atoms. The molecule has 37 heavy (non-hydrogen) atoms. The van der Waals surface area contributed by atoms with E-state index in [0.29, 0.717) is 44.1 Å². The fourth-order valence-electron chi connectivity index (χ4n) is 4.27. The van der Waals surface area contributed by atoms with Gasteiger partial charge in [-0.2, -0.15) is 0 Å². The van der Waals surface area contributed by atoms with Crippen molar-refractivity contribution in [2.75, 3.05) is 33.3 Å². The van der Waals surface area contributed by atoms with Crippen LogP contribution in [0.3, 0.4) is 0 Å². The summed E-state index contributed by atoms with van der Waals surface area (Å²) in [6.45, 7) is 0. The molecule has 11 heteroatoms. The Balaban J connectivity index is 1.73. The third kappa shape index (κ3) is 4.05. The molecule has 4 aromatic rings. The number of anilines is 1. The Labute approximate surface area is 220 Å². The van der Waals surface area contributed by atoms with Gasteiger partial charge in [0.25, 0.3) is 5.91 Å². The van der Waals surface area contributed by atoms with E-state index in [1.807, 2.05) is 6.07 Å². The van der Waals surface area contributed by atoms with Gasteiger partial charge in [-0.3, -0.25) is 14.5 Å². The first-order valence-corrected chi connectivity index (χ1v) is 12.7. The molecule has 0 aliphatic carbocycles. The molecule has 1 aliphatic heterocycles. The molecule has 0 saturated heterocycles. The number of carbonyl (C=O) groups excluding carboxylic acids is 2. The van der Waals surface area contributed by atoms with Crippen LogP contribution in [0.15, 0.2) is 59.2 Å². The van der Waals surface area contributed by atoms with Gasteiger partial charge < -0.3 is 24.1 Å². The maximum absolute atomic E-state index is 13.6. The van der Waals surface area contributed by atoms with Gasteiger partial charge in [-0.15, -0.1) is 11.3 Å². The van der Waals surface area contributed by atoms with Crippen molar-refractivity contribution in [3.8, 4) is 23.0 Å². The van der Waals surface area contributed by atoms with Crippen molar-refractivity contribution in [1.82, 2.24) is 4.98 Å². The zero-order chi connectivity index (χ0) is 26.3. The van der Waals surface area contributed by atoms with Crippen molar-refractivity contribution in [2.24, 2.45) is 0 Å². The Morgan fingerprint density at radius 2 is 1.73 bits per heavy atom. The Morgan fingerprint density at radius 3 is 2.32 bits per heavy atom. The van der Waals surface area contributed by atoms with Crippen LogP contribution in [-0.2, 0) is 4.79 Å². The molecule has 5 rings (SSSR count). The summed E-state index contributed by atoms with van der Waals surface area (Å²) in [5.41, 5.74) is 1.07. The predicted octanol–water partition coefficient (Wildman–Crippen LogP) is 5.18. The lowest BCUT2D eigenvalue weighted by Gasteiger charge is -2.25. The van der Waals surface area contributed by atoms with Crippen LogP contribution in [0.5, 0.6) is 23.0 Å². The molecular formula is C26H22N2O7S2. The largest absolute Gasteiger partial charge is 0.503 e. The number of rotatable bonds is 8. The van der Waals surface area contributed by atoms with E-state index in [1.54, 1.807) is 48.9 Å². The number of aliphatic hydroxyl groups excluding tert-OH is 1. The second kappa shape index (κ2) is 9.75. The van der Waals surface area contributed by atoms with Crippen LogP contribution in [-0.4, -0.2) is 50.2 Å². The number of fused-ring (bicyclic) bond motifs is 1. The van der Waals surface area contributed by atoms with Crippen molar-refractivity contribution in [1.29, 1.82) is 0 Å². The number of ether oxygens (including phenoxy) is 4. The Morgan fingerprint density at radius 1 is 1.00 bits per heavy atom. The minimum absolute atomic E-state index is 0.0569. The summed E-state index contributed by atoms with van der Waals surface area (Å²) >= 11 is 2.47. The molecule has 1 atom stereocenters. The van der Waals surface area contributed by atoms with E-state index in [4.69, 9.17) is 18.9 Å². The lowest BCUT2D eigenvalue weighted by molar-refractivity contribution is -0.117. The van der Waals surface area contributed by atoms with Gasteiger partial charge in [0.1, 0.15) is 5.75 Å². The number of hydrogen-bond donors (Lipinski definition) is 1. The molecule has 0 fully saturated rings. The minimum atomic E-state index is -1.00. The van der Waals surface area contributed by atoms with E-state index in [2.05, 4.69) is 4.98 Å². The summed E-state index contributed by atoms with van der Waals surface area (Å²) in [4.78, 5) is 33.5. The highest BCUT2D eigenvalue weighted by Crippen LogP contribution is 2.48. The number of nitrogens with zero attached hydrogens (tertiary/aromatic N) is 2. The first-order chi connectivity index (χ1) is 17.9. The quantitative estimate of drug-likeness (QED) is 0.306. The van der Waals surface area contributed by atoms with Crippen molar-refractivity contribution >= 4 is 49.7 Å². The average molecular weight is 539 g/mol. The van der Waals surface area contributed by atoms with Gasteiger partial charge in [0.05, 0.1) is 55.1 Å². The number of benzene rings is 2. The smallest absolute Gasteiger partial charge is 0.296 e. The fraction of sp³-hybridized carbons (Fsp3) is 0.192. The molecule has 3 heterocycles. The number of Topliss-reactive ketones (excluding diaryl/α,β-unsaturated/α-hetero) is 1. The predicted molar refractivity (Wildman–Crippen MR) is 141 cm³/mol. The number of aliphatic hydroxyl groups is 1. The lowest BCUT2D eigenvalue weighted by Crippen LogP contribution is -2.31. The summed E-state index contributed by atoms with van der Waals surface area (Å²) in [6.07, 6.45) is 0. The topological polar surface area (TPSA) is 107 Å². The maximum atomic E-state index is 13.6. The van der Waals surface area contributed by atoms with E-state index in [9.17, 15) is 14.7 Å². The third-order valence-electron chi connectivity index (χ3n) is 5.99. The van der Waals surface area contributed by atoms with Gasteiger partial charge in [0, 0.05) is 0 Å². The SMILES string of the molecule is COc1ccc2nc(N3C(=O)C(O)=C(C(=O)c4cccs4)C3c3cc(OC)c(OC)c(OC)c3)sc2c1. The second-order valence-electron chi connectivity index (χ2n) is 7.94. The molecule has 1 amide bonds. The summed E-state index contributed by atoms with van der Waals surface area (Å²) in [5.74, 6) is -0.133. The highest BCUT2D eigenvalue weighted by atomic mass is 32.1. The molecule has 190 valence electrons. The first-order valence-electron chi connectivity index (χ1n) is 11.0. The molecule has 2 aromatic carbocycles. The number of carbonyl (C=O) groups is 2. The molecule has 1 N–H and O–H groups in total. The van der Waals surface area contributed by atoms with Crippen LogP contribution in [0, 0.1) is 0 Å². The number of aromatic nitrogens is 1. The van der Waals surface area contributed by atoms with Crippen molar-refractivity contribution in [2.45, 2.75) is 6.04 Å². The Hall–Kier alpha value is -4.09. The van der Waals surface area contributed by atoms with Crippen molar-refractivity contribution in [3.63, 3.8) is 0 Å². The number of methoxy groups -OCH3 is 4. The van der Waals surface area contributed by atoms with Crippen molar-refractivity contribution < 1.29 is 33.6 Å². The van der Waals surface area contributed by atoms with Gasteiger partial charge in [-0.1, -0.05) is 17.4 Å². The zero-order valence-electron chi connectivity index (χ0n) is 20.3. The van der Waals surface area contributed by atoms with E-state index >= 15 is 0 Å². The van der Waals surface area contributed by atoms with Crippen LogP contribution >= 0.6 is 22.7 Å². The molecule has 2 aromatic heterocycles. The van der Waals surface area contributed by atoms with Crippen molar-refractivity contribution in [3.05, 3.63) is 69.6 Å². The highest BCUT2D eigenvalue weighted by molar-refractivity contribution is 7.22. The maximum Gasteiger partial charge on any atom is 0.296 e. The average Bonchev–Trinajstić information content (AvgIpc) is 3.65. The summed E-state index contributed by atoms with van der Waals surface area (Å²) in [5, 5.41) is 13.1. The Kier molecular flexibility index (Phi) is 6.48. The van der Waals surface area contributed by atoms with E-state index in [-0.39, 0.29) is 5.57 Å². The molecule has 0 radical (unpaired) electrons. The monoisotopic (exact) mass is 538 g/mol. The van der Waals surface area contributed by atoms with Gasteiger partial charge in [0.15, 0.2) is 22.4 Å². The number of amides is 1. The normalized spacial score (nSPS) is 15.4. The summed E-state index contributed by atoms with van der Waals surface area (Å²) in [6, 6.07) is 11.1. The Bertz CT molecular complexity index is 1520. The van der Waals surface area contributed by atoms with Crippen LogP contribution in [0.4, 0.5) is 5.13 Å². The summed E-state index contributed by atoms with van der Waals surface area (Å²) < 4.78 is 22.6. The molecule has 0 saturated carbocycles. The van der Waals surface area contributed by atoms with Crippen LogP contribution in [0.2, 0.25) is 0 Å². The van der Waals surface area contributed by atoms with Gasteiger partial charge in [-0.25, -0.2) is 4.98 Å². The third-order valence-corrected chi connectivity index (χ3v) is 7.88. The van der Waals surface area contributed by atoms with Crippen LogP contribution < -0.4 is 23.8 Å². The molecular weight excluding hydrogens is 516 g/mol. The molecule has 1 aliphatic rings. The number of thiazole rings is 1. The molecule has 0 spiro atoms. The lowest BCUT2D eigenvalue weighted by atomic mass is 9.95. The van der Waals surface area contributed by atoms with E-state index in [0.717, 1.165) is 4.70 Å². The second-order valence-corrected chi connectivity index (χ2v) is 9.89. The van der Waals surface area contributed by atoms with Crippen LogP contribution in [0.1, 0.15) is 21.3 Å². The van der Waals surface area contributed by atoms with Gasteiger partial charge in [0.2, 0.25) is 11.5 Å². The molecule has 9 nitrogen and oxygen atoms in total. The van der Waals surface area contributed by atoms with Crippen LogP contribution in [0.25, 0.3) is 10.2 Å². The molecule has 1 unspecified atom stereocenters. The number of hydrogen-bond acceptors (Lipinski definition) is 10. The zero-order valence-corrected chi connectivity index (χ0v) is 21.9.